The zero-order valence-electron chi connectivity index (χ0n) is 13.0. The molecule has 3 rings (SSSR count). The Labute approximate surface area is 142 Å². The average molecular weight is 344 g/mol. The van der Waals surface area contributed by atoms with Gasteiger partial charge in [-0.2, -0.15) is 4.98 Å². The van der Waals surface area contributed by atoms with Gasteiger partial charge in [0.15, 0.2) is 5.58 Å². The molecule has 0 saturated heterocycles. The summed E-state index contributed by atoms with van der Waals surface area (Å²) in [6, 6.07) is 10.1. The highest BCUT2D eigenvalue weighted by molar-refractivity contribution is 6.31. The molecule has 7 heteroatoms. The number of fused-ring (bicyclic) bond motifs is 1. The fraction of sp³-hybridized carbons (Fsp3) is 0.118. The van der Waals surface area contributed by atoms with Crippen LogP contribution in [0.15, 0.2) is 40.8 Å². The molecule has 0 atom stereocenters. The normalized spacial score (nSPS) is 10.6. The monoisotopic (exact) mass is 343 g/mol. The highest BCUT2D eigenvalue weighted by atomic mass is 35.5. The molecule has 2 N–H and O–H groups in total. The van der Waals surface area contributed by atoms with Crippen LogP contribution in [0.1, 0.15) is 22.8 Å². The number of benzene rings is 2. The molecule has 0 aliphatic carbocycles. The second-order valence-electron chi connectivity index (χ2n) is 5.30. The van der Waals surface area contributed by atoms with Crippen LogP contribution < -0.4 is 10.6 Å². The Hall–Kier alpha value is -2.86. The second kappa shape index (κ2) is 6.33. The van der Waals surface area contributed by atoms with E-state index in [9.17, 15) is 9.59 Å². The van der Waals surface area contributed by atoms with E-state index in [2.05, 4.69) is 15.6 Å². The molecule has 0 unspecified atom stereocenters. The van der Waals surface area contributed by atoms with Gasteiger partial charge in [-0.3, -0.25) is 14.9 Å². The highest BCUT2D eigenvalue weighted by Crippen LogP contribution is 2.23. The lowest BCUT2D eigenvalue weighted by molar-refractivity contribution is -0.114. The van der Waals surface area contributed by atoms with E-state index in [1.165, 1.54) is 6.92 Å². The van der Waals surface area contributed by atoms with E-state index in [-0.39, 0.29) is 17.8 Å². The molecule has 2 aromatic carbocycles. The van der Waals surface area contributed by atoms with Crippen molar-refractivity contribution < 1.29 is 14.0 Å². The number of carbonyl (C=O) groups is 2. The summed E-state index contributed by atoms with van der Waals surface area (Å²) in [5.41, 5.74) is 2.92. The Morgan fingerprint density at radius 2 is 1.92 bits per heavy atom. The van der Waals surface area contributed by atoms with E-state index in [0.29, 0.717) is 27.4 Å². The SMILES string of the molecule is CC(=O)Nc1ccc2nc(NC(=O)c3ccc(C)c(Cl)c3)oc2c1. The van der Waals surface area contributed by atoms with E-state index in [0.717, 1.165) is 5.56 Å². The molecule has 0 aliphatic heterocycles. The predicted molar refractivity (Wildman–Crippen MR) is 92.5 cm³/mol. The quantitative estimate of drug-likeness (QED) is 0.752. The molecule has 122 valence electrons. The first-order chi connectivity index (χ1) is 11.4. The van der Waals surface area contributed by atoms with Gasteiger partial charge in [0.1, 0.15) is 5.52 Å². The first kappa shape index (κ1) is 16.0. The summed E-state index contributed by atoms with van der Waals surface area (Å²) in [6.45, 7) is 3.28. The lowest BCUT2D eigenvalue weighted by atomic mass is 10.1. The summed E-state index contributed by atoms with van der Waals surface area (Å²) in [6.07, 6.45) is 0. The van der Waals surface area contributed by atoms with Gasteiger partial charge in [-0.05, 0) is 36.8 Å². The Morgan fingerprint density at radius 1 is 1.12 bits per heavy atom. The van der Waals surface area contributed by atoms with Crippen LogP contribution in [0.3, 0.4) is 0 Å². The molecular formula is C17H14ClN3O3. The molecule has 0 radical (unpaired) electrons. The molecule has 3 aromatic rings. The van der Waals surface area contributed by atoms with Gasteiger partial charge >= 0.3 is 6.01 Å². The van der Waals surface area contributed by atoms with E-state index in [4.69, 9.17) is 16.0 Å². The Balaban J connectivity index is 1.82. The summed E-state index contributed by atoms with van der Waals surface area (Å²) >= 11 is 6.03. The standard InChI is InChI=1S/C17H14ClN3O3/c1-9-3-4-11(7-13(9)18)16(23)21-17-20-14-6-5-12(19-10(2)22)8-15(14)24-17/h3-8H,1-2H3,(H,19,22)(H,20,21,23). The third kappa shape index (κ3) is 3.38. The molecule has 1 heterocycles. The predicted octanol–water partition coefficient (Wildman–Crippen LogP) is 4.00. The Kier molecular flexibility index (Phi) is 4.22. The van der Waals surface area contributed by atoms with Crippen LogP contribution in [-0.2, 0) is 4.79 Å². The minimum absolute atomic E-state index is 0.0756. The molecule has 24 heavy (non-hydrogen) atoms. The van der Waals surface area contributed by atoms with Crippen LogP contribution in [0.2, 0.25) is 5.02 Å². The molecule has 0 fully saturated rings. The van der Waals surface area contributed by atoms with E-state index >= 15 is 0 Å². The van der Waals surface area contributed by atoms with Gasteiger partial charge in [-0.15, -0.1) is 0 Å². The number of hydrogen-bond acceptors (Lipinski definition) is 4. The molecule has 0 aliphatic rings. The molecule has 0 spiro atoms. The van der Waals surface area contributed by atoms with Gasteiger partial charge in [0.25, 0.3) is 5.91 Å². The van der Waals surface area contributed by atoms with Crippen LogP contribution in [0, 0.1) is 6.92 Å². The third-order valence-electron chi connectivity index (χ3n) is 3.36. The van der Waals surface area contributed by atoms with Crippen LogP contribution in [0.25, 0.3) is 11.1 Å². The minimum Gasteiger partial charge on any atom is -0.423 e. The van der Waals surface area contributed by atoms with Crippen molar-refractivity contribution in [3.05, 3.63) is 52.5 Å². The van der Waals surface area contributed by atoms with Crippen molar-refractivity contribution in [1.82, 2.24) is 4.98 Å². The number of amides is 2. The van der Waals surface area contributed by atoms with Gasteiger partial charge in [0.2, 0.25) is 5.91 Å². The summed E-state index contributed by atoms with van der Waals surface area (Å²) in [5.74, 6) is -0.552. The van der Waals surface area contributed by atoms with Gasteiger partial charge in [-0.1, -0.05) is 17.7 Å². The fourth-order valence-corrected chi connectivity index (χ4v) is 2.34. The number of rotatable bonds is 3. The summed E-state index contributed by atoms with van der Waals surface area (Å²) in [5, 5.41) is 5.76. The molecule has 6 nitrogen and oxygen atoms in total. The van der Waals surface area contributed by atoms with Crippen molar-refractivity contribution in [1.29, 1.82) is 0 Å². The van der Waals surface area contributed by atoms with Gasteiger partial charge in [-0.25, -0.2) is 0 Å². The van der Waals surface area contributed by atoms with Gasteiger partial charge in [0, 0.05) is 29.3 Å². The van der Waals surface area contributed by atoms with Crippen molar-refractivity contribution in [2.75, 3.05) is 10.6 Å². The molecule has 2 amide bonds. The lowest BCUT2D eigenvalue weighted by Crippen LogP contribution is -2.12. The maximum Gasteiger partial charge on any atom is 0.302 e. The number of aromatic nitrogens is 1. The number of oxazole rings is 1. The zero-order valence-corrected chi connectivity index (χ0v) is 13.8. The van der Waals surface area contributed by atoms with Crippen molar-refractivity contribution in [3.63, 3.8) is 0 Å². The first-order valence-corrected chi connectivity index (χ1v) is 7.56. The lowest BCUT2D eigenvalue weighted by Gasteiger charge is -2.03. The number of aryl methyl sites for hydroxylation is 1. The largest absolute Gasteiger partial charge is 0.423 e. The number of halogens is 1. The highest BCUT2D eigenvalue weighted by Gasteiger charge is 2.13. The first-order valence-electron chi connectivity index (χ1n) is 7.18. The summed E-state index contributed by atoms with van der Waals surface area (Å²) in [7, 11) is 0. The van der Waals surface area contributed by atoms with Crippen LogP contribution in [0.4, 0.5) is 11.7 Å². The summed E-state index contributed by atoms with van der Waals surface area (Å²) in [4.78, 5) is 27.5. The van der Waals surface area contributed by atoms with Crippen molar-refractivity contribution >= 4 is 46.2 Å². The van der Waals surface area contributed by atoms with Crippen molar-refractivity contribution in [2.45, 2.75) is 13.8 Å². The zero-order chi connectivity index (χ0) is 17.3. The number of nitrogens with one attached hydrogen (secondary N) is 2. The van der Waals surface area contributed by atoms with Crippen LogP contribution in [0.5, 0.6) is 0 Å². The second-order valence-corrected chi connectivity index (χ2v) is 5.71. The van der Waals surface area contributed by atoms with Crippen molar-refractivity contribution in [2.24, 2.45) is 0 Å². The number of hydrogen-bond donors (Lipinski definition) is 2. The Morgan fingerprint density at radius 3 is 2.62 bits per heavy atom. The summed E-state index contributed by atoms with van der Waals surface area (Å²) < 4.78 is 5.51. The fourth-order valence-electron chi connectivity index (χ4n) is 2.16. The number of anilines is 2. The van der Waals surface area contributed by atoms with Gasteiger partial charge < -0.3 is 9.73 Å². The number of carbonyl (C=O) groups excluding carboxylic acids is 2. The topological polar surface area (TPSA) is 84.2 Å². The minimum atomic E-state index is -0.370. The molecule has 0 saturated carbocycles. The van der Waals surface area contributed by atoms with Gasteiger partial charge in [0.05, 0.1) is 0 Å². The molecule has 1 aromatic heterocycles. The van der Waals surface area contributed by atoms with E-state index in [1.807, 2.05) is 6.92 Å². The maximum atomic E-state index is 12.2. The van der Waals surface area contributed by atoms with Crippen LogP contribution >= 0.6 is 11.6 Å². The number of nitrogens with zero attached hydrogens (tertiary/aromatic N) is 1. The van der Waals surface area contributed by atoms with Crippen molar-refractivity contribution in [3.8, 4) is 0 Å². The van der Waals surface area contributed by atoms with E-state index < -0.39 is 0 Å². The third-order valence-corrected chi connectivity index (χ3v) is 3.77. The maximum absolute atomic E-state index is 12.2. The smallest absolute Gasteiger partial charge is 0.302 e. The Bertz CT molecular complexity index is 949. The molecule has 0 bridgehead atoms. The van der Waals surface area contributed by atoms with Crippen LogP contribution in [-0.4, -0.2) is 16.8 Å². The average Bonchev–Trinajstić information content (AvgIpc) is 2.90. The van der Waals surface area contributed by atoms with E-state index in [1.54, 1.807) is 36.4 Å². The molecular weight excluding hydrogens is 330 g/mol.